The molecule has 1 amide bonds. The fourth-order valence-corrected chi connectivity index (χ4v) is 1.76. The summed E-state index contributed by atoms with van der Waals surface area (Å²) in [4.78, 5) is 26.7. The molecule has 0 atom stereocenters. The summed E-state index contributed by atoms with van der Waals surface area (Å²) in [6, 6.07) is 1.69. The van der Waals surface area contributed by atoms with Crippen LogP contribution in [-0.2, 0) is 6.54 Å². The summed E-state index contributed by atoms with van der Waals surface area (Å²) in [6.07, 6.45) is 3.18. The summed E-state index contributed by atoms with van der Waals surface area (Å²) in [7, 11) is 0. The van der Waals surface area contributed by atoms with Crippen LogP contribution >= 0.6 is 0 Å². The van der Waals surface area contributed by atoms with Gasteiger partial charge in [0.1, 0.15) is 5.76 Å². The van der Waals surface area contributed by atoms with E-state index in [9.17, 15) is 9.59 Å². The number of carbonyl (C=O) groups is 1. The molecule has 19 heavy (non-hydrogen) atoms. The average molecular weight is 262 g/mol. The lowest BCUT2D eigenvalue weighted by Crippen LogP contribution is -2.30. The monoisotopic (exact) mass is 262 g/mol. The Kier molecular flexibility index (Phi) is 3.48. The van der Waals surface area contributed by atoms with E-state index in [1.165, 1.54) is 10.8 Å². The first-order chi connectivity index (χ1) is 9.01. The second-order valence-electron chi connectivity index (χ2n) is 4.24. The highest BCUT2D eigenvalue weighted by Gasteiger charge is 2.15. The maximum Gasteiger partial charge on any atom is 0.347 e. The topological polar surface area (TPSA) is 103 Å². The van der Waals surface area contributed by atoms with Crippen molar-refractivity contribution in [2.24, 2.45) is 5.84 Å². The standard InChI is InChI=1S/C12H14N4O3/c1-7-4-14-12(18)16(5-7)6-9-3-8(2)10(19-9)11(17)15-13/h3-5H,6,13H2,1-2H3,(H,15,17). The van der Waals surface area contributed by atoms with Crippen molar-refractivity contribution >= 4 is 5.91 Å². The van der Waals surface area contributed by atoms with Crippen molar-refractivity contribution in [3.8, 4) is 0 Å². The number of amides is 1. The van der Waals surface area contributed by atoms with E-state index in [1.54, 1.807) is 19.2 Å². The van der Waals surface area contributed by atoms with Crippen LogP contribution < -0.4 is 17.0 Å². The second kappa shape index (κ2) is 5.07. The van der Waals surface area contributed by atoms with E-state index in [4.69, 9.17) is 10.3 Å². The molecule has 2 rings (SSSR count). The van der Waals surface area contributed by atoms with Gasteiger partial charge in [-0.25, -0.2) is 15.6 Å². The van der Waals surface area contributed by atoms with Crippen LogP contribution in [0.25, 0.3) is 0 Å². The Morgan fingerprint density at radius 2 is 2.26 bits per heavy atom. The zero-order chi connectivity index (χ0) is 14.0. The van der Waals surface area contributed by atoms with E-state index in [0.717, 1.165) is 5.56 Å². The number of hydrogen-bond donors (Lipinski definition) is 2. The zero-order valence-electron chi connectivity index (χ0n) is 10.6. The van der Waals surface area contributed by atoms with Crippen LogP contribution in [0.1, 0.15) is 27.4 Å². The molecule has 100 valence electrons. The summed E-state index contributed by atoms with van der Waals surface area (Å²) >= 11 is 0. The molecule has 0 aliphatic heterocycles. The summed E-state index contributed by atoms with van der Waals surface area (Å²) in [5.41, 5.74) is 3.16. The van der Waals surface area contributed by atoms with E-state index in [0.29, 0.717) is 11.3 Å². The molecule has 3 N–H and O–H groups in total. The number of aromatic nitrogens is 2. The molecule has 2 aromatic heterocycles. The number of carbonyl (C=O) groups excluding carboxylic acids is 1. The molecule has 7 heteroatoms. The molecule has 0 saturated carbocycles. The maximum absolute atomic E-state index is 11.6. The van der Waals surface area contributed by atoms with Gasteiger partial charge in [-0.15, -0.1) is 0 Å². The summed E-state index contributed by atoms with van der Waals surface area (Å²) in [6.45, 7) is 3.78. The molecular formula is C12H14N4O3. The molecule has 0 spiro atoms. The number of hydrogen-bond acceptors (Lipinski definition) is 5. The highest BCUT2D eigenvalue weighted by Crippen LogP contribution is 2.15. The molecule has 0 unspecified atom stereocenters. The van der Waals surface area contributed by atoms with Crippen LogP contribution in [0.4, 0.5) is 0 Å². The van der Waals surface area contributed by atoms with Crippen molar-refractivity contribution in [1.82, 2.24) is 15.0 Å². The zero-order valence-corrected chi connectivity index (χ0v) is 10.6. The fourth-order valence-electron chi connectivity index (χ4n) is 1.76. The smallest absolute Gasteiger partial charge is 0.347 e. The molecule has 0 aromatic carbocycles. The lowest BCUT2D eigenvalue weighted by molar-refractivity contribution is 0.0923. The van der Waals surface area contributed by atoms with Crippen LogP contribution in [0.5, 0.6) is 0 Å². The van der Waals surface area contributed by atoms with Crippen LogP contribution in [0.15, 0.2) is 27.7 Å². The van der Waals surface area contributed by atoms with E-state index in [-0.39, 0.29) is 18.0 Å². The molecule has 2 heterocycles. The highest BCUT2D eigenvalue weighted by atomic mass is 16.4. The largest absolute Gasteiger partial charge is 0.454 e. The molecule has 7 nitrogen and oxygen atoms in total. The van der Waals surface area contributed by atoms with Crippen molar-refractivity contribution < 1.29 is 9.21 Å². The molecule has 0 radical (unpaired) electrons. The Morgan fingerprint density at radius 3 is 2.95 bits per heavy atom. The predicted octanol–water partition coefficient (Wildman–Crippen LogP) is 0.105. The van der Waals surface area contributed by atoms with Crippen molar-refractivity contribution in [1.29, 1.82) is 0 Å². The van der Waals surface area contributed by atoms with Gasteiger partial charge in [0.25, 0.3) is 0 Å². The number of furan rings is 1. The van der Waals surface area contributed by atoms with Crippen LogP contribution in [-0.4, -0.2) is 15.5 Å². The van der Waals surface area contributed by atoms with Gasteiger partial charge in [0.2, 0.25) is 0 Å². The minimum Gasteiger partial charge on any atom is -0.454 e. The minimum atomic E-state index is -0.501. The normalized spacial score (nSPS) is 10.5. The summed E-state index contributed by atoms with van der Waals surface area (Å²) in [5.74, 6) is 5.19. The first-order valence-corrected chi connectivity index (χ1v) is 5.64. The minimum absolute atomic E-state index is 0.145. The van der Waals surface area contributed by atoms with Crippen molar-refractivity contribution in [3.05, 3.63) is 51.6 Å². The molecule has 0 aliphatic rings. The molecule has 2 aromatic rings. The van der Waals surface area contributed by atoms with E-state index >= 15 is 0 Å². The van der Waals surface area contributed by atoms with E-state index in [2.05, 4.69) is 4.98 Å². The number of nitrogens with one attached hydrogen (secondary N) is 1. The maximum atomic E-state index is 11.6. The number of hydrazine groups is 1. The Bertz CT molecular complexity index is 672. The van der Waals surface area contributed by atoms with Gasteiger partial charge >= 0.3 is 11.6 Å². The number of nitrogens with zero attached hydrogens (tertiary/aromatic N) is 2. The van der Waals surface area contributed by atoms with Crippen molar-refractivity contribution in [3.63, 3.8) is 0 Å². The summed E-state index contributed by atoms with van der Waals surface area (Å²) in [5, 5.41) is 0. The third-order valence-corrected chi connectivity index (χ3v) is 2.62. The third-order valence-electron chi connectivity index (χ3n) is 2.62. The third kappa shape index (κ3) is 2.71. The quantitative estimate of drug-likeness (QED) is 0.464. The second-order valence-corrected chi connectivity index (χ2v) is 4.24. The molecular weight excluding hydrogens is 248 g/mol. The van der Waals surface area contributed by atoms with Gasteiger partial charge in [-0.2, -0.15) is 0 Å². The van der Waals surface area contributed by atoms with Crippen LogP contribution in [0, 0.1) is 13.8 Å². The Morgan fingerprint density at radius 1 is 1.53 bits per heavy atom. The van der Waals surface area contributed by atoms with E-state index < -0.39 is 5.91 Å². The highest BCUT2D eigenvalue weighted by molar-refractivity contribution is 5.92. The van der Waals surface area contributed by atoms with E-state index in [1.807, 2.05) is 12.3 Å². The number of nitrogens with two attached hydrogens (primary N) is 1. The molecule has 0 bridgehead atoms. The number of nitrogen functional groups attached to an aromatic ring is 1. The predicted molar refractivity (Wildman–Crippen MR) is 67.4 cm³/mol. The van der Waals surface area contributed by atoms with Crippen molar-refractivity contribution in [2.45, 2.75) is 20.4 Å². The Balaban J connectivity index is 2.32. The molecule has 0 saturated heterocycles. The first-order valence-electron chi connectivity index (χ1n) is 5.64. The van der Waals surface area contributed by atoms with Gasteiger partial charge < -0.3 is 4.42 Å². The van der Waals surface area contributed by atoms with Gasteiger partial charge in [-0.05, 0) is 25.5 Å². The van der Waals surface area contributed by atoms with Gasteiger partial charge in [-0.3, -0.25) is 14.8 Å². The van der Waals surface area contributed by atoms with Gasteiger partial charge in [0, 0.05) is 18.0 Å². The molecule has 0 aliphatic carbocycles. The lowest BCUT2D eigenvalue weighted by atomic mass is 10.2. The Hall–Kier alpha value is -2.41. The van der Waals surface area contributed by atoms with Gasteiger partial charge in [0.05, 0.1) is 6.54 Å². The lowest BCUT2D eigenvalue weighted by Gasteiger charge is -2.02. The number of rotatable bonds is 3. The fraction of sp³-hybridized carbons (Fsp3) is 0.250. The van der Waals surface area contributed by atoms with Gasteiger partial charge in [-0.1, -0.05) is 0 Å². The van der Waals surface area contributed by atoms with Gasteiger partial charge in [0.15, 0.2) is 5.76 Å². The molecule has 0 fully saturated rings. The van der Waals surface area contributed by atoms with Crippen LogP contribution in [0.3, 0.4) is 0 Å². The SMILES string of the molecule is Cc1cnc(=O)n(Cc2cc(C)c(C(=O)NN)o2)c1. The van der Waals surface area contributed by atoms with Crippen LogP contribution in [0.2, 0.25) is 0 Å². The Labute approximate surface area is 109 Å². The van der Waals surface area contributed by atoms with Crippen molar-refractivity contribution in [2.75, 3.05) is 0 Å². The number of aryl methyl sites for hydroxylation is 2. The first kappa shape index (κ1) is 13.0. The summed E-state index contributed by atoms with van der Waals surface area (Å²) < 4.78 is 6.80. The average Bonchev–Trinajstić information content (AvgIpc) is 2.74.